The van der Waals surface area contributed by atoms with E-state index in [0.29, 0.717) is 16.8 Å². The van der Waals surface area contributed by atoms with E-state index in [1.807, 2.05) is 37.3 Å². The quantitative estimate of drug-likeness (QED) is 0.705. The Labute approximate surface area is 146 Å². The molecular formula is C18H18ClN5. The maximum atomic E-state index is 6.15. The van der Waals surface area contributed by atoms with E-state index >= 15 is 0 Å². The molecule has 6 heteroatoms. The van der Waals surface area contributed by atoms with E-state index in [4.69, 9.17) is 11.6 Å². The van der Waals surface area contributed by atoms with Gasteiger partial charge in [-0.05, 0) is 55.7 Å². The van der Waals surface area contributed by atoms with Crippen molar-refractivity contribution in [1.29, 1.82) is 0 Å². The van der Waals surface area contributed by atoms with Crippen LogP contribution in [0.25, 0.3) is 0 Å². The van der Waals surface area contributed by atoms with Gasteiger partial charge < -0.3 is 10.6 Å². The van der Waals surface area contributed by atoms with Crippen molar-refractivity contribution in [1.82, 2.24) is 15.2 Å². The van der Waals surface area contributed by atoms with Crippen LogP contribution in [0.5, 0.6) is 0 Å². The summed E-state index contributed by atoms with van der Waals surface area (Å²) in [5.74, 6) is 1.04. The van der Waals surface area contributed by atoms with Gasteiger partial charge in [-0.15, -0.1) is 5.10 Å². The first-order valence-electron chi connectivity index (χ1n) is 7.59. The largest absolute Gasteiger partial charge is 0.339 e. The molecule has 0 aliphatic carbocycles. The van der Waals surface area contributed by atoms with Crippen molar-refractivity contribution in [2.75, 3.05) is 10.6 Å². The summed E-state index contributed by atoms with van der Waals surface area (Å²) >= 11 is 6.15. The average molecular weight is 340 g/mol. The molecule has 24 heavy (non-hydrogen) atoms. The fourth-order valence-corrected chi connectivity index (χ4v) is 2.48. The van der Waals surface area contributed by atoms with Crippen LogP contribution >= 0.6 is 11.6 Å². The molecule has 0 unspecified atom stereocenters. The molecule has 0 bridgehead atoms. The Morgan fingerprint density at radius 1 is 0.875 bits per heavy atom. The molecule has 0 spiro atoms. The van der Waals surface area contributed by atoms with Gasteiger partial charge in [0, 0.05) is 16.4 Å². The molecule has 1 aromatic heterocycles. The summed E-state index contributed by atoms with van der Waals surface area (Å²) < 4.78 is 0. The second kappa shape index (κ2) is 6.84. The van der Waals surface area contributed by atoms with Crippen LogP contribution in [0.2, 0.25) is 5.02 Å². The number of rotatable bonds is 4. The van der Waals surface area contributed by atoms with Gasteiger partial charge in [-0.2, -0.15) is 10.1 Å². The lowest BCUT2D eigenvalue weighted by Gasteiger charge is -2.12. The monoisotopic (exact) mass is 339 g/mol. The minimum atomic E-state index is 0.438. The molecule has 2 N–H and O–H groups in total. The van der Waals surface area contributed by atoms with Crippen molar-refractivity contribution in [3.05, 3.63) is 64.3 Å². The zero-order valence-corrected chi connectivity index (χ0v) is 14.5. The molecule has 0 radical (unpaired) electrons. The van der Waals surface area contributed by atoms with Crippen molar-refractivity contribution in [2.24, 2.45) is 0 Å². The molecule has 1 heterocycles. The summed E-state index contributed by atoms with van der Waals surface area (Å²) in [6.45, 7) is 6.08. The van der Waals surface area contributed by atoms with Crippen LogP contribution in [-0.2, 0) is 0 Å². The topological polar surface area (TPSA) is 62.7 Å². The van der Waals surface area contributed by atoms with E-state index in [1.165, 1.54) is 5.56 Å². The molecule has 0 atom stereocenters. The lowest BCUT2D eigenvalue weighted by Crippen LogP contribution is -2.04. The van der Waals surface area contributed by atoms with Gasteiger partial charge in [-0.3, -0.25) is 0 Å². The van der Waals surface area contributed by atoms with E-state index in [-0.39, 0.29) is 0 Å². The smallest absolute Gasteiger partial charge is 0.249 e. The number of hydrogen-bond donors (Lipinski definition) is 2. The SMILES string of the molecule is Cc1cccc(Nc2nncc(Nc3cccc(Cl)c3C)n2)c1C. The fraction of sp³-hybridized carbons (Fsp3) is 0.167. The third kappa shape index (κ3) is 3.46. The predicted octanol–water partition coefficient (Wildman–Crippen LogP) is 4.94. The van der Waals surface area contributed by atoms with Crippen molar-refractivity contribution < 1.29 is 0 Å². The third-order valence-corrected chi connectivity index (χ3v) is 4.35. The molecule has 0 aliphatic rings. The molecule has 0 aliphatic heterocycles. The number of nitrogens with one attached hydrogen (secondary N) is 2. The number of nitrogens with zero attached hydrogens (tertiary/aromatic N) is 3. The van der Waals surface area contributed by atoms with Crippen LogP contribution in [0.15, 0.2) is 42.6 Å². The van der Waals surface area contributed by atoms with Crippen LogP contribution in [-0.4, -0.2) is 15.2 Å². The van der Waals surface area contributed by atoms with Gasteiger partial charge in [0.2, 0.25) is 5.95 Å². The summed E-state index contributed by atoms with van der Waals surface area (Å²) in [6.07, 6.45) is 1.58. The van der Waals surface area contributed by atoms with Gasteiger partial charge in [0.25, 0.3) is 0 Å². The summed E-state index contributed by atoms with van der Waals surface area (Å²) in [7, 11) is 0. The molecular weight excluding hydrogens is 322 g/mol. The Kier molecular flexibility index (Phi) is 4.62. The highest BCUT2D eigenvalue weighted by Gasteiger charge is 2.07. The van der Waals surface area contributed by atoms with E-state index in [2.05, 4.69) is 45.7 Å². The van der Waals surface area contributed by atoms with E-state index in [0.717, 1.165) is 22.5 Å². The molecule has 0 saturated heterocycles. The third-order valence-electron chi connectivity index (χ3n) is 3.94. The number of benzene rings is 2. The summed E-state index contributed by atoms with van der Waals surface area (Å²) in [5, 5.41) is 15.2. The zero-order chi connectivity index (χ0) is 17.1. The van der Waals surface area contributed by atoms with Crippen molar-refractivity contribution in [3.8, 4) is 0 Å². The highest BCUT2D eigenvalue weighted by molar-refractivity contribution is 6.31. The number of halogens is 1. The molecule has 5 nitrogen and oxygen atoms in total. The van der Waals surface area contributed by atoms with Crippen molar-refractivity contribution in [2.45, 2.75) is 20.8 Å². The number of anilines is 4. The van der Waals surface area contributed by atoms with Gasteiger partial charge in [0.05, 0.1) is 6.20 Å². The molecule has 0 amide bonds. The second-order valence-electron chi connectivity index (χ2n) is 5.58. The van der Waals surface area contributed by atoms with Gasteiger partial charge in [-0.25, -0.2) is 0 Å². The standard InChI is InChI=1S/C18H18ClN5/c1-11-6-4-8-15(12(11)2)22-18-23-17(10-20-24-18)21-16-9-5-7-14(19)13(16)3/h4-10H,1-3H3,(H2,21,22,23,24). The first-order chi connectivity index (χ1) is 11.5. The molecule has 3 aromatic rings. The van der Waals surface area contributed by atoms with Crippen LogP contribution in [0, 0.1) is 20.8 Å². The van der Waals surface area contributed by atoms with Crippen LogP contribution in [0.1, 0.15) is 16.7 Å². The highest BCUT2D eigenvalue weighted by atomic mass is 35.5. The second-order valence-corrected chi connectivity index (χ2v) is 5.98. The Morgan fingerprint density at radius 2 is 1.58 bits per heavy atom. The first kappa shape index (κ1) is 16.2. The Morgan fingerprint density at radius 3 is 2.38 bits per heavy atom. The Hall–Kier alpha value is -2.66. The lowest BCUT2D eigenvalue weighted by atomic mass is 10.1. The average Bonchev–Trinajstić information content (AvgIpc) is 2.57. The normalized spacial score (nSPS) is 10.5. The molecule has 2 aromatic carbocycles. The van der Waals surface area contributed by atoms with Gasteiger partial charge in [-0.1, -0.05) is 29.8 Å². The molecule has 0 saturated carbocycles. The number of aryl methyl sites for hydroxylation is 1. The maximum absolute atomic E-state index is 6.15. The van der Waals surface area contributed by atoms with Crippen molar-refractivity contribution in [3.63, 3.8) is 0 Å². The van der Waals surface area contributed by atoms with E-state index < -0.39 is 0 Å². The minimum Gasteiger partial charge on any atom is -0.339 e. The maximum Gasteiger partial charge on any atom is 0.249 e. The van der Waals surface area contributed by atoms with Gasteiger partial charge in [0.1, 0.15) is 0 Å². The molecule has 3 rings (SSSR count). The van der Waals surface area contributed by atoms with Gasteiger partial charge >= 0.3 is 0 Å². The van der Waals surface area contributed by atoms with Crippen LogP contribution in [0.4, 0.5) is 23.1 Å². The first-order valence-corrected chi connectivity index (χ1v) is 7.97. The molecule has 0 fully saturated rings. The number of hydrogen-bond acceptors (Lipinski definition) is 5. The fourth-order valence-electron chi connectivity index (χ4n) is 2.30. The minimum absolute atomic E-state index is 0.438. The zero-order valence-electron chi connectivity index (χ0n) is 13.8. The van der Waals surface area contributed by atoms with E-state index in [1.54, 1.807) is 6.20 Å². The highest BCUT2D eigenvalue weighted by Crippen LogP contribution is 2.26. The van der Waals surface area contributed by atoms with Gasteiger partial charge in [0.15, 0.2) is 5.82 Å². The van der Waals surface area contributed by atoms with E-state index in [9.17, 15) is 0 Å². The Balaban J connectivity index is 1.84. The number of aromatic nitrogens is 3. The summed E-state index contributed by atoms with van der Waals surface area (Å²) in [6, 6.07) is 11.7. The van der Waals surface area contributed by atoms with Crippen LogP contribution < -0.4 is 10.6 Å². The predicted molar refractivity (Wildman–Crippen MR) is 98.5 cm³/mol. The van der Waals surface area contributed by atoms with Crippen molar-refractivity contribution >= 4 is 34.7 Å². The lowest BCUT2D eigenvalue weighted by molar-refractivity contribution is 0.981. The summed E-state index contributed by atoms with van der Waals surface area (Å²) in [4.78, 5) is 4.47. The Bertz CT molecular complexity index is 810. The van der Waals surface area contributed by atoms with Crippen LogP contribution in [0.3, 0.4) is 0 Å². The molecule has 122 valence electrons. The summed E-state index contributed by atoms with van der Waals surface area (Å²) in [5.41, 5.74) is 5.18.